The lowest BCUT2D eigenvalue weighted by Gasteiger charge is -2.12. The quantitative estimate of drug-likeness (QED) is 0.732. The van der Waals surface area contributed by atoms with Crippen LogP contribution in [-0.2, 0) is 11.3 Å². The molecule has 0 bridgehead atoms. The Labute approximate surface area is 148 Å². The van der Waals surface area contributed by atoms with E-state index in [-0.39, 0.29) is 11.8 Å². The average Bonchev–Trinajstić information content (AvgIpc) is 2.63. The highest BCUT2D eigenvalue weighted by molar-refractivity contribution is 5.78. The van der Waals surface area contributed by atoms with E-state index in [0.717, 1.165) is 5.56 Å². The number of pyridine rings is 1. The van der Waals surface area contributed by atoms with Gasteiger partial charge >= 0.3 is 0 Å². The van der Waals surface area contributed by atoms with Gasteiger partial charge in [0.15, 0.2) is 11.5 Å². The molecule has 0 saturated carbocycles. The monoisotopic (exact) mass is 343 g/mol. The predicted octanol–water partition coefficient (Wildman–Crippen LogP) is 2.74. The number of nitrogens with zero attached hydrogens (tertiary/aromatic N) is 1. The van der Waals surface area contributed by atoms with Crippen LogP contribution in [0, 0.1) is 5.92 Å². The van der Waals surface area contributed by atoms with Crippen molar-refractivity contribution in [1.82, 2.24) is 15.6 Å². The fourth-order valence-electron chi connectivity index (χ4n) is 2.26. The van der Waals surface area contributed by atoms with E-state index in [9.17, 15) is 4.79 Å². The van der Waals surface area contributed by atoms with Gasteiger partial charge in [-0.2, -0.15) is 0 Å². The number of carbonyl (C=O) groups is 1. The third-order valence-corrected chi connectivity index (χ3v) is 3.59. The molecule has 1 amide bonds. The van der Waals surface area contributed by atoms with Gasteiger partial charge in [0.25, 0.3) is 0 Å². The SMILES string of the molecule is CCOc1ccccc1Oc1ccc(CNC(=O)C(C)CNC)cn1. The highest BCUT2D eigenvalue weighted by Crippen LogP contribution is 2.30. The van der Waals surface area contributed by atoms with Crippen LogP contribution in [0.5, 0.6) is 17.4 Å². The van der Waals surface area contributed by atoms with Gasteiger partial charge in [-0.1, -0.05) is 25.1 Å². The Morgan fingerprint density at radius 2 is 1.96 bits per heavy atom. The number of benzene rings is 1. The standard InChI is InChI=1S/C19H25N3O3/c1-4-24-16-7-5-6-8-17(16)25-18-10-9-15(12-21-18)13-22-19(23)14(2)11-20-3/h5-10,12,14,20H,4,11,13H2,1-3H3,(H,22,23). The molecule has 2 N–H and O–H groups in total. The smallest absolute Gasteiger partial charge is 0.224 e. The van der Waals surface area contributed by atoms with E-state index in [2.05, 4.69) is 15.6 Å². The fourth-order valence-corrected chi connectivity index (χ4v) is 2.26. The van der Waals surface area contributed by atoms with Crippen LogP contribution in [0.2, 0.25) is 0 Å². The van der Waals surface area contributed by atoms with Gasteiger partial charge in [0.1, 0.15) is 0 Å². The summed E-state index contributed by atoms with van der Waals surface area (Å²) in [5, 5.41) is 5.89. The molecule has 2 aromatic rings. The molecule has 6 heteroatoms. The zero-order chi connectivity index (χ0) is 18.1. The molecular formula is C19H25N3O3. The molecule has 1 aromatic carbocycles. The van der Waals surface area contributed by atoms with Crippen molar-refractivity contribution in [2.45, 2.75) is 20.4 Å². The topological polar surface area (TPSA) is 72.5 Å². The predicted molar refractivity (Wildman–Crippen MR) is 96.9 cm³/mol. The molecule has 0 aliphatic rings. The van der Waals surface area contributed by atoms with Gasteiger partial charge < -0.3 is 20.1 Å². The summed E-state index contributed by atoms with van der Waals surface area (Å²) >= 11 is 0. The molecule has 25 heavy (non-hydrogen) atoms. The molecule has 1 unspecified atom stereocenters. The minimum absolute atomic E-state index is 0.0142. The van der Waals surface area contributed by atoms with Gasteiger partial charge in [-0.25, -0.2) is 4.98 Å². The number of nitrogens with one attached hydrogen (secondary N) is 2. The number of aromatic nitrogens is 1. The first-order valence-electron chi connectivity index (χ1n) is 8.41. The normalized spacial score (nSPS) is 11.6. The third-order valence-electron chi connectivity index (χ3n) is 3.59. The van der Waals surface area contributed by atoms with Crippen molar-refractivity contribution in [2.75, 3.05) is 20.2 Å². The van der Waals surface area contributed by atoms with Crippen molar-refractivity contribution in [3.05, 3.63) is 48.2 Å². The van der Waals surface area contributed by atoms with Crippen LogP contribution in [0.3, 0.4) is 0 Å². The molecule has 2 rings (SSSR count). The van der Waals surface area contributed by atoms with E-state index >= 15 is 0 Å². The van der Waals surface area contributed by atoms with E-state index in [4.69, 9.17) is 9.47 Å². The lowest BCUT2D eigenvalue weighted by Crippen LogP contribution is -2.33. The van der Waals surface area contributed by atoms with Crippen molar-refractivity contribution in [3.8, 4) is 17.4 Å². The molecule has 0 saturated heterocycles. The maximum absolute atomic E-state index is 11.9. The van der Waals surface area contributed by atoms with Gasteiger partial charge in [0, 0.05) is 31.3 Å². The van der Waals surface area contributed by atoms with Gasteiger partial charge in [-0.05, 0) is 31.7 Å². The van der Waals surface area contributed by atoms with Crippen LogP contribution in [0.25, 0.3) is 0 Å². The molecule has 6 nitrogen and oxygen atoms in total. The van der Waals surface area contributed by atoms with Gasteiger partial charge in [0.2, 0.25) is 11.8 Å². The molecule has 0 spiro atoms. The van der Waals surface area contributed by atoms with Crippen molar-refractivity contribution in [2.24, 2.45) is 5.92 Å². The zero-order valence-electron chi connectivity index (χ0n) is 14.9. The average molecular weight is 343 g/mol. The van der Waals surface area contributed by atoms with E-state index in [0.29, 0.717) is 37.1 Å². The van der Waals surface area contributed by atoms with Gasteiger partial charge in [-0.3, -0.25) is 4.79 Å². The molecule has 1 heterocycles. The van der Waals surface area contributed by atoms with Crippen molar-refractivity contribution in [3.63, 3.8) is 0 Å². The summed E-state index contributed by atoms with van der Waals surface area (Å²) in [4.78, 5) is 16.2. The minimum Gasteiger partial charge on any atom is -0.490 e. The summed E-state index contributed by atoms with van der Waals surface area (Å²) in [7, 11) is 1.83. The third kappa shape index (κ3) is 5.76. The van der Waals surface area contributed by atoms with Crippen LogP contribution >= 0.6 is 0 Å². The van der Waals surface area contributed by atoms with E-state index in [1.165, 1.54) is 0 Å². The van der Waals surface area contributed by atoms with Crippen LogP contribution in [0.15, 0.2) is 42.6 Å². The van der Waals surface area contributed by atoms with Crippen LogP contribution in [0.1, 0.15) is 19.4 Å². The Kier molecular flexibility index (Phi) is 7.22. The van der Waals surface area contributed by atoms with E-state index in [1.807, 2.05) is 51.2 Å². The number of para-hydroxylation sites is 2. The summed E-state index contributed by atoms with van der Waals surface area (Å²) in [6.45, 7) is 5.47. The second-order valence-corrected chi connectivity index (χ2v) is 5.66. The molecule has 0 aliphatic heterocycles. The first-order valence-corrected chi connectivity index (χ1v) is 8.41. The fraction of sp³-hybridized carbons (Fsp3) is 0.368. The van der Waals surface area contributed by atoms with Crippen LogP contribution < -0.4 is 20.1 Å². The number of hydrogen-bond donors (Lipinski definition) is 2. The second-order valence-electron chi connectivity index (χ2n) is 5.66. The Hall–Kier alpha value is -2.60. The molecule has 0 aliphatic carbocycles. The Balaban J connectivity index is 1.93. The first kappa shape index (κ1) is 18.7. The highest BCUT2D eigenvalue weighted by atomic mass is 16.5. The maximum atomic E-state index is 11.9. The molecule has 1 atom stereocenters. The molecule has 1 aromatic heterocycles. The van der Waals surface area contributed by atoms with Crippen molar-refractivity contribution in [1.29, 1.82) is 0 Å². The summed E-state index contributed by atoms with van der Waals surface area (Å²) in [5.41, 5.74) is 0.912. The van der Waals surface area contributed by atoms with Crippen LogP contribution in [-0.4, -0.2) is 31.1 Å². The largest absolute Gasteiger partial charge is 0.490 e. The first-order chi connectivity index (χ1) is 12.1. The number of hydrogen-bond acceptors (Lipinski definition) is 5. The summed E-state index contributed by atoms with van der Waals surface area (Å²) < 4.78 is 11.3. The summed E-state index contributed by atoms with van der Waals surface area (Å²) in [6.07, 6.45) is 1.70. The minimum atomic E-state index is -0.0735. The summed E-state index contributed by atoms with van der Waals surface area (Å²) in [6, 6.07) is 11.1. The summed E-state index contributed by atoms with van der Waals surface area (Å²) in [5.74, 6) is 1.72. The van der Waals surface area contributed by atoms with E-state index < -0.39 is 0 Å². The van der Waals surface area contributed by atoms with Crippen molar-refractivity contribution < 1.29 is 14.3 Å². The Bertz CT molecular complexity index is 674. The van der Waals surface area contributed by atoms with Gasteiger partial charge in [-0.15, -0.1) is 0 Å². The lowest BCUT2D eigenvalue weighted by molar-refractivity contribution is -0.124. The number of amides is 1. The number of carbonyl (C=O) groups excluding carboxylic acids is 1. The highest BCUT2D eigenvalue weighted by Gasteiger charge is 2.11. The Morgan fingerprint density at radius 1 is 1.20 bits per heavy atom. The van der Waals surface area contributed by atoms with Gasteiger partial charge in [0.05, 0.1) is 6.61 Å². The number of rotatable bonds is 9. The molecular weight excluding hydrogens is 318 g/mol. The molecule has 134 valence electrons. The maximum Gasteiger partial charge on any atom is 0.224 e. The molecule has 0 fully saturated rings. The Morgan fingerprint density at radius 3 is 2.60 bits per heavy atom. The zero-order valence-corrected chi connectivity index (χ0v) is 14.9. The van der Waals surface area contributed by atoms with Crippen LogP contribution in [0.4, 0.5) is 0 Å². The van der Waals surface area contributed by atoms with E-state index in [1.54, 1.807) is 12.3 Å². The number of ether oxygens (including phenoxy) is 2. The second kappa shape index (κ2) is 9.64. The molecule has 0 radical (unpaired) electrons. The van der Waals surface area contributed by atoms with Crippen molar-refractivity contribution >= 4 is 5.91 Å². The lowest BCUT2D eigenvalue weighted by atomic mass is 10.1.